The van der Waals surface area contributed by atoms with E-state index < -0.39 is 0 Å². The maximum absolute atomic E-state index is 12.9. The second-order valence-corrected chi connectivity index (χ2v) is 5.27. The van der Waals surface area contributed by atoms with Crippen molar-refractivity contribution in [3.05, 3.63) is 60.5 Å². The fourth-order valence-corrected chi connectivity index (χ4v) is 2.92. The number of para-hydroxylation sites is 1. The lowest BCUT2D eigenvalue weighted by Gasteiger charge is -2.04. The Bertz CT molecular complexity index is 721. The summed E-state index contributed by atoms with van der Waals surface area (Å²) in [6, 6.07) is 14.2. The van der Waals surface area contributed by atoms with Gasteiger partial charge in [-0.15, -0.1) is 11.3 Å². The Kier molecular flexibility index (Phi) is 3.48. The Morgan fingerprint density at radius 3 is 2.55 bits per heavy atom. The van der Waals surface area contributed by atoms with Crippen LogP contribution in [0.5, 0.6) is 5.75 Å². The first kappa shape index (κ1) is 12.8. The molecule has 2 nitrogen and oxygen atoms in total. The molecule has 4 heteroatoms. The van der Waals surface area contributed by atoms with Gasteiger partial charge in [0.1, 0.15) is 16.6 Å². The van der Waals surface area contributed by atoms with E-state index in [9.17, 15) is 4.39 Å². The van der Waals surface area contributed by atoms with Crippen LogP contribution in [-0.4, -0.2) is 12.1 Å². The normalized spacial score (nSPS) is 10.5. The summed E-state index contributed by atoms with van der Waals surface area (Å²) in [5.74, 6) is 0.565. The van der Waals surface area contributed by atoms with Crippen molar-refractivity contribution < 1.29 is 9.13 Å². The van der Waals surface area contributed by atoms with Gasteiger partial charge < -0.3 is 4.74 Å². The fourth-order valence-electron chi connectivity index (χ4n) is 1.97. The van der Waals surface area contributed by atoms with Crippen LogP contribution in [0.2, 0.25) is 0 Å². The molecule has 3 rings (SSSR count). The van der Waals surface area contributed by atoms with Gasteiger partial charge in [0.25, 0.3) is 0 Å². The third-order valence-electron chi connectivity index (χ3n) is 2.97. The second-order valence-electron chi connectivity index (χ2n) is 4.24. The number of aromatic nitrogens is 1. The number of benzene rings is 2. The van der Waals surface area contributed by atoms with E-state index in [1.807, 2.05) is 24.3 Å². The van der Waals surface area contributed by atoms with Gasteiger partial charge in [0.15, 0.2) is 0 Å². The Hall–Kier alpha value is -2.20. The van der Waals surface area contributed by atoms with Crippen molar-refractivity contribution in [1.82, 2.24) is 4.98 Å². The minimum atomic E-state index is -0.233. The molecule has 0 aliphatic heterocycles. The smallest absolute Gasteiger partial charge is 0.129 e. The van der Waals surface area contributed by atoms with Gasteiger partial charge in [0, 0.05) is 6.20 Å². The van der Waals surface area contributed by atoms with Gasteiger partial charge in [0.2, 0.25) is 0 Å². The summed E-state index contributed by atoms with van der Waals surface area (Å²) in [4.78, 5) is 5.44. The first-order chi connectivity index (χ1) is 9.78. The highest BCUT2D eigenvalue weighted by atomic mass is 32.1. The average molecular weight is 285 g/mol. The van der Waals surface area contributed by atoms with Crippen molar-refractivity contribution in [2.75, 3.05) is 7.11 Å². The van der Waals surface area contributed by atoms with Crippen LogP contribution in [0.1, 0.15) is 0 Å². The van der Waals surface area contributed by atoms with Crippen LogP contribution in [0.3, 0.4) is 0 Å². The highest BCUT2D eigenvalue weighted by Gasteiger charge is 2.10. The van der Waals surface area contributed by atoms with Crippen LogP contribution in [-0.2, 0) is 0 Å². The van der Waals surface area contributed by atoms with Crippen molar-refractivity contribution in [3.8, 4) is 26.8 Å². The number of rotatable bonds is 3. The molecule has 0 saturated heterocycles. The molecule has 0 amide bonds. The Morgan fingerprint density at radius 2 is 1.80 bits per heavy atom. The summed E-state index contributed by atoms with van der Waals surface area (Å²) in [6.45, 7) is 0. The third-order valence-corrected chi connectivity index (χ3v) is 4.05. The van der Waals surface area contributed by atoms with Gasteiger partial charge in [-0.2, -0.15) is 0 Å². The van der Waals surface area contributed by atoms with E-state index in [0.717, 1.165) is 26.8 Å². The maximum atomic E-state index is 12.9. The highest BCUT2D eigenvalue weighted by Crippen LogP contribution is 2.36. The van der Waals surface area contributed by atoms with Gasteiger partial charge in [-0.3, -0.25) is 0 Å². The molecule has 3 aromatic rings. The lowest BCUT2D eigenvalue weighted by molar-refractivity contribution is 0.416. The molecule has 20 heavy (non-hydrogen) atoms. The molecule has 0 atom stereocenters. The first-order valence-corrected chi connectivity index (χ1v) is 6.95. The molecule has 0 aliphatic rings. The molecular formula is C16H12FNOS. The number of halogens is 1. The molecule has 0 radical (unpaired) electrons. The van der Waals surface area contributed by atoms with E-state index in [-0.39, 0.29) is 5.82 Å². The Balaban J connectivity index is 2.00. The topological polar surface area (TPSA) is 22.1 Å². The minimum Gasteiger partial charge on any atom is -0.496 e. The van der Waals surface area contributed by atoms with E-state index in [0.29, 0.717) is 0 Å². The molecule has 0 N–H and O–H groups in total. The van der Waals surface area contributed by atoms with E-state index >= 15 is 0 Å². The number of hydrogen-bond donors (Lipinski definition) is 0. The molecule has 100 valence electrons. The van der Waals surface area contributed by atoms with Crippen LogP contribution < -0.4 is 4.74 Å². The van der Waals surface area contributed by atoms with E-state index in [1.165, 1.54) is 12.1 Å². The maximum Gasteiger partial charge on any atom is 0.129 e. The molecule has 2 aromatic carbocycles. The lowest BCUT2D eigenvalue weighted by Crippen LogP contribution is -1.85. The SMILES string of the molecule is COc1ccccc1-c1ncc(-c2ccc(F)cc2)s1. The van der Waals surface area contributed by atoms with Gasteiger partial charge in [-0.1, -0.05) is 24.3 Å². The van der Waals surface area contributed by atoms with Crippen molar-refractivity contribution >= 4 is 11.3 Å². The Labute approximate surface area is 120 Å². The van der Waals surface area contributed by atoms with Crippen LogP contribution in [0.4, 0.5) is 4.39 Å². The van der Waals surface area contributed by atoms with Crippen molar-refractivity contribution in [1.29, 1.82) is 0 Å². The average Bonchev–Trinajstić information content (AvgIpc) is 2.97. The summed E-state index contributed by atoms with van der Waals surface area (Å²) >= 11 is 1.56. The second kappa shape index (κ2) is 5.43. The van der Waals surface area contributed by atoms with Crippen LogP contribution in [0.15, 0.2) is 54.7 Å². The largest absolute Gasteiger partial charge is 0.496 e. The predicted molar refractivity (Wildman–Crippen MR) is 79.5 cm³/mol. The van der Waals surface area contributed by atoms with E-state index in [2.05, 4.69) is 4.98 Å². The van der Waals surface area contributed by atoms with Crippen LogP contribution in [0, 0.1) is 5.82 Å². The summed E-state index contributed by atoms with van der Waals surface area (Å²) < 4.78 is 18.3. The van der Waals surface area contributed by atoms with Gasteiger partial charge in [0.05, 0.1) is 17.6 Å². The Morgan fingerprint density at radius 1 is 1.05 bits per heavy atom. The molecule has 0 bridgehead atoms. The zero-order valence-electron chi connectivity index (χ0n) is 10.8. The van der Waals surface area contributed by atoms with Crippen molar-refractivity contribution in [3.63, 3.8) is 0 Å². The van der Waals surface area contributed by atoms with Gasteiger partial charge >= 0.3 is 0 Å². The van der Waals surface area contributed by atoms with Gasteiger partial charge in [-0.25, -0.2) is 9.37 Å². The monoisotopic (exact) mass is 285 g/mol. The first-order valence-electron chi connectivity index (χ1n) is 6.13. The number of thiazole rings is 1. The van der Waals surface area contributed by atoms with Crippen LogP contribution in [0.25, 0.3) is 21.0 Å². The lowest BCUT2D eigenvalue weighted by atomic mass is 10.2. The highest BCUT2D eigenvalue weighted by molar-refractivity contribution is 7.18. The third kappa shape index (κ3) is 2.42. The quantitative estimate of drug-likeness (QED) is 0.700. The molecule has 1 heterocycles. The summed E-state index contributed by atoms with van der Waals surface area (Å²) in [5.41, 5.74) is 1.93. The molecule has 0 spiro atoms. The summed E-state index contributed by atoms with van der Waals surface area (Å²) in [6.07, 6.45) is 1.81. The standard InChI is InChI=1S/C16H12FNOS/c1-19-14-5-3-2-4-13(14)16-18-10-15(20-16)11-6-8-12(17)9-7-11/h2-10H,1H3. The molecule has 0 saturated carbocycles. The number of nitrogens with zero attached hydrogens (tertiary/aromatic N) is 1. The number of ether oxygens (including phenoxy) is 1. The van der Waals surface area contributed by atoms with E-state index in [1.54, 1.807) is 36.8 Å². The molecule has 0 fully saturated rings. The minimum absolute atomic E-state index is 0.233. The predicted octanol–water partition coefficient (Wildman–Crippen LogP) is 4.62. The van der Waals surface area contributed by atoms with Crippen LogP contribution >= 0.6 is 11.3 Å². The molecule has 0 unspecified atom stereocenters. The zero-order chi connectivity index (χ0) is 13.9. The molecular weight excluding hydrogens is 273 g/mol. The summed E-state index contributed by atoms with van der Waals surface area (Å²) in [5, 5.41) is 0.891. The zero-order valence-corrected chi connectivity index (χ0v) is 11.7. The molecule has 1 aromatic heterocycles. The molecule has 0 aliphatic carbocycles. The fraction of sp³-hybridized carbons (Fsp3) is 0.0625. The van der Waals surface area contributed by atoms with Crippen molar-refractivity contribution in [2.24, 2.45) is 0 Å². The number of hydrogen-bond acceptors (Lipinski definition) is 3. The van der Waals surface area contributed by atoms with E-state index in [4.69, 9.17) is 4.74 Å². The number of methoxy groups -OCH3 is 1. The van der Waals surface area contributed by atoms with Crippen molar-refractivity contribution in [2.45, 2.75) is 0 Å². The van der Waals surface area contributed by atoms with Gasteiger partial charge in [-0.05, 0) is 29.8 Å². The summed E-state index contributed by atoms with van der Waals surface area (Å²) in [7, 11) is 1.65.